The first-order valence-electron chi connectivity index (χ1n) is 9.78. The van der Waals surface area contributed by atoms with Crippen molar-refractivity contribution in [3.05, 3.63) is 10.6 Å². The van der Waals surface area contributed by atoms with Crippen molar-refractivity contribution >= 4 is 23.2 Å². The summed E-state index contributed by atoms with van der Waals surface area (Å²) in [5.41, 5.74) is 1.23. The Kier molecular flexibility index (Phi) is 3.81. The van der Waals surface area contributed by atoms with E-state index < -0.39 is 0 Å². The third-order valence-corrected chi connectivity index (χ3v) is 8.86. The average Bonchev–Trinajstić information content (AvgIpc) is 2.82. The van der Waals surface area contributed by atoms with E-state index in [1.54, 1.807) is 0 Å². The van der Waals surface area contributed by atoms with Crippen molar-refractivity contribution in [2.45, 2.75) is 72.1 Å². The molecule has 0 N–H and O–H groups in total. The van der Waals surface area contributed by atoms with Crippen molar-refractivity contribution in [2.75, 3.05) is 0 Å². The van der Waals surface area contributed by atoms with Crippen molar-refractivity contribution in [2.24, 2.45) is 34.5 Å². The molecule has 2 nitrogen and oxygen atoms in total. The molecule has 0 amide bonds. The summed E-state index contributed by atoms with van der Waals surface area (Å²) < 4.78 is 0. The number of Topliss-reactive ketones (excluding diaryl/α,β-unsaturated/α-hetero) is 2. The minimum Gasteiger partial charge on any atom is -0.299 e. The molecule has 0 aromatic rings. The molecule has 4 aliphatic rings. The van der Waals surface area contributed by atoms with Gasteiger partial charge >= 0.3 is 0 Å². The molecule has 0 aliphatic heterocycles. The van der Waals surface area contributed by atoms with Gasteiger partial charge in [0.15, 0.2) is 5.78 Å². The predicted molar refractivity (Wildman–Crippen MR) is 95.7 cm³/mol. The molecular formula is C21H29ClO2. The summed E-state index contributed by atoms with van der Waals surface area (Å²) in [5.74, 6) is 2.99. The van der Waals surface area contributed by atoms with Gasteiger partial charge in [-0.2, -0.15) is 0 Å². The maximum atomic E-state index is 12.8. The minimum absolute atomic E-state index is 0.0825. The molecule has 24 heavy (non-hydrogen) atoms. The van der Waals surface area contributed by atoms with Crippen molar-refractivity contribution < 1.29 is 9.59 Å². The smallest absolute Gasteiger partial charge is 0.174 e. The van der Waals surface area contributed by atoms with Crippen LogP contribution >= 0.6 is 11.6 Å². The Morgan fingerprint density at radius 3 is 2.54 bits per heavy atom. The zero-order valence-corrected chi connectivity index (χ0v) is 15.9. The largest absolute Gasteiger partial charge is 0.299 e. The molecule has 1 unspecified atom stereocenters. The Balaban J connectivity index is 1.75. The van der Waals surface area contributed by atoms with E-state index in [2.05, 4.69) is 20.8 Å². The van der Waals surface area contributed by atoms with Crippen molar-refractivity contribution in [1.29, 1.82) is 0 Å². The molecule has 0 heterocycles. The van der Waals surface area contributed by atoms with Crippen molar-refractivity contribution in [3.63, 3.8) is 0 Å². The van der Waals surface area contributed by atoms with Gasteiger partial charge in [0, 0.05) is 18.3 Å². The second kappa shape index (κ2) is 5.43. The summed E-state index contributed by atoms with van der Waals surface area (Å²) in [6.07, 6.45) is 7.68. The lowest BCUT2D eigenvalue weighted by Gasteiger charge is -2.57. The summed E-state index contributed by atoms with van der Waals surface area (Å²) in [6, 6.07) is 0. The number of rotatable bonds is 1. The summed E-state index contributed by atoms with van der Waals surface area (Å²) in [6.45, 7) is 6.85. The third kappa shape index (κ3) is 2.01. The lowest BCUT2D eigenvalue weighted by molar-refractivity contribution is -0.133. The SMILES string of the molecule is CCC1CC(=O)[C@@]2(C)CC[C@@H]3[C@@H](CCC4=C(Cl)C(=O)CC[C@@]43C)[C@H]12. The lowest BCUT2D eigenvalue weighted by Crippen LogP contribution is -2.52. The van der Waals surface area contributed by atoms with Gasteiger partial charge < -0.3 is 0 Å². The standard InChI is InChI=1S/C21H29ClO2/c1-4-12-11-17(24)21(3)9-7-14-13(18(12)21)5-6-15-19(22)16(23)8-10-20(14,15)2/h12-14,18H,4-11H2,1-3H3/t12?,13-,14-,18+,20-,21-/m1/s1. The van der Waals surface area contributed by atoms with E-state index in [0.29, 0.717) is 40.9 Å². The minimum atomic E-state index is -0.0896. The molecule has 0 aromatic carbocycles. The predicted octanol–water partition coefficient (Wildman–Crippen LogP) is 5.29. The van der Waals surface area contributed by atoms with Gasteiger partial charge in [-0.15, -0.1) is 0 Å². The van der Waals surface area contributed by atoms with Crippen LogP contribution in [0.1, 0.15) is 72.1 Å². The van der Waals surface area contributed by atoms with E-state index in [0.717, 1.165) is 44.9 Å². The number of carbonyl (C=O) groups excluding carboxylic acids is 2. The summed E-state index contributed by atoms with van der Waals surface area (Å²) in [5, 5.41) is 0.546. The van der Waals surface area contributed by atoms with Crippen molar-refractivity contribution in [3.8, 4) is 0 Å². The number of carbonyl (C=O) groups is 2. The van der Waals surface area contributed by atoms with Crippen LogP contribution in [0.4, 0.5) is 0 Å². The maximum absolute atomic E-state index is 12.8. The van der Waals surface area contributed by atoms with Crippen LogP contribution < -0.4 is 0 Å². The van der Waals surface area contributed by atoms with E-state index in [4.69, 9.17) is 11.6 Å². The van der Waals surface area contributed by atoms with Gasteiger partial charge in [0.25, 0.3) is 0 Å². The molecule has 0 aromatic heterocycles. The molecular weight excluding hydrogens is 320 g/mol. The Morgan fingerprint density at radius 2 is 1.83 bits per heavy atom. The first-order chi connectivity index (χ1) is 11.3. The van der Waals surface area contributed by atoms with Crippen LogP contribution in [0.2, 0.25) is 0 Å². The highest BCUT2D eigenvalue weighted by atomic mass is 35.5. The molecule has 0 saturated heterocycles. The summed E-state index contributed by atoms with van der Waals surface area (Å²) >= 11 is 6.46. The molecule has 6 atom stereocenters. The fourth-order valence-electron chi connectivity index (χ4n) is 7.09. The van der Waals surface area contributed by atoms with Crippen LogP contribution in [-0.2, 0) is 9.59 Å². The second-order valence-electron chi connectivity index (χ2n) is 9.22. The number of hydrogen-bond acceptors (Lipinski definition) is 2. The van der Waals surface area contributed by atoms with Crippen LogP contribution in [-0.4, -0.2) is 11.6 Å². The molecule has 4 aliphatic carbocycles. The monoisotopic (exact) mass is 348 g/mol. The lowest BCUT2D eigenvalue weighted by atomic mass is 9.46. The molecule has 3 saturated carbocycles. The summed E-state index contributed by atoms with van der Waals surface area (Å²) in [4.78, 5) is 24.8. The quantitative estimate of drug-likeness (QED) is 0.645. The van der Waals surface area contributed by atoms with E-state index >= 15 is 0 Å². The zero-order valence-electron chi connectivity index (χ0n) is 15.2. The van der Waals surface area contributed by atoms with Gasteiger partial charge in [0.2, 0.25) is 0 Å². The van der Waals surface area contributed by atoms with Crippen LogP contribution in [0.5, 0.6) is 0 Å². The molecule has 132 valence electrons. The third-order valence-electron chi connectivity index (χ3n) is 8.42. The first-order valence-corrected chi connectivity index (χ1v) is 10.2. The van der Waals surface area contributed by atoms with Gasteiger partial charge in [0.1, 0.15) is 5.78 Å². The number of ketones is 2. The van der Waals surface area contributed by atoms with Crippen LogP contribution in [0.15, 0.2) is 10.6 Å². The highest BCUT2D eigenvalue weighted by molar-refractivity contribution is 6.43. The number of hydrogen-bond donors (Lipinski definition) is 0. The van der Waals surface area contributed by atoms with Gasteiger partial charge in [0.05, 0.1) is 5.03 Å². The van der Waals surface area contributed by atoms with E-state index in [9.17, 15) is 9.59 Å². The highest BCUT2D eigenvalue weighted by Gasteiger charge is 2.61. The highest BCUT2D eigenvalue weighted by Crippen LogP contribution is 2.66. The summed E-state index contributed by atoms with van der Waals surface area (Å²) in [7, 11) is 0. The maximum Gasteiger partial charge on any atom is 0.174 e. The molecule has 0 spiro atoms. The molecule has 3 heteroatoms. The zero-order chi connectivity index (χ0) is 17.3. The molecule has 3 fully saturated rings. The number of halogens is 1. The van der Waals surface area contributed by atoms with E-state index in [1.165, 1.54) is 5.57 Å². The Hall–Kier alpha value is -0.630. The fourth-order valence-corrected chi connectivity index (χ4v) is 7.50. The Bertz CT molecular complexity index is 636. The van der Waals surface area contributed by atoms with Crippen molar-refractivity contribution in [1.82, 2.24) is 0 Å². The van der Waals surface area contributed by atoms with Gasteiger partial charge in [-0.05, 0) is 66.8 Å². The van der Waals surface area contributed by atoms with Gasteiger partial charge in [-0.3, -0.25) is 9.59 Å². The fraction of sp³-hybridized carbons (Fsp3) is 0.810. The second-order valence-corrected chi connectivity index (χ2v) is 9.60. The molecule has 0 radical (unpaired) electrons. The number of allylic oxidation sites excluding steroid dienone is 1. The first kappa shape index (κ1) is 16.8. The molecule has 0 bridgehead atoms. The Labute approximate surface area is 150 Å². The van der Waals surface area contributed by atoms with Gasteiger partial charge in [-0.1, -0.05) is 38.8 Å². The van der Waals surface area contributed by atoms with Crippen LogP contribution in [0, 0.1) is 34.5 Å². The topological polar surface area (TPSA) is 34.1 Å². The van der Waals surface area contributed by atoms with Gasteiger partial charge in [-0.25, -0.2) is 0 Å². The molecule has 4 rings (SSSR count). The number of fused-ring (bicyclic) bond motifs is 5. The van der Waals surface area contributed by atoms with Crippen LogP contribution in [0.25, 0.3) is 0 Å². The van der Waals surface area contributed by atoms with E-state index in [1.807, 2.05) is 0 Å². The Morgan fingerprint density at radius 1 is 1.08 bits per heavy atom. The van der Waals surface area contributed by atoms with Crippen LogP contribution in [0.3, 0.4) is 0 Å². The average molecular weight is 349 g/mol. The van der Waals surface area contributed by atoms with E-state index in [-0.39, 0.29) is 16.6 Å². The normalized spacial score (nSPS) is 48.2.